The van der Waals surface area contributed by atoms with E-state index in [0.29, 0.717) is 0 Å². The van der Waals surface area contributed by atoms with Gasteiger partial charge in [0, 0.05) is 44.6 Å². The number of nitrogens with one attached hydrogen (secondary N) is 1. The van der Waals surface area contributed by atoms with Gasteiger partial charge in [0.2, 0.25) is 10.0 Å². The number of anilines is 2. The molecule has 4 aromatic rings. The highest BCUT2D eigenvalue weighted by Gasteiger charge is 2.19. The summed E-state index contributed by atoms with van der Waals surface area (Å²) in [6.45, 7) is 3.33. The summed E-state index contributed by atoms with van der Waals surface area (Å²) in [5, 5.41) is 1.89. The number of aromatic nitrogens is 1. The first-order valence-electron chi connectivity index (χ1n) is 11.2. The van der Waals surface area contributed by atoms with Crippen LogP contribution >= 0.6 is 0 Å². The molecule has 0 bridgehead atoms. The molecular weight excluding hydrogens is 451 g/mol. The zero-order valence-electron chi connectivity index (χ0n) is 18.6. The monoisotopic (exact) mass is 476 g/mol. The van der Waals surface area contributed by atoms with Crippen LogP contribution in [0.3, 0.4) is 0 Å². The Morgan fingerprint density at radius 1 is 0.824 bits per heavy atom. The molecule has 0 spiro atoms. The van der Waals surface area contributed by atoms with Crippen LogP contribution in [-0.2, 0) is 16.6 Å². The lowest BCUT2D eigenvalue weighted by Crippen LogP contribution is -2.46. The maximum absolute atomic E-state index is 13.2. The Morgan fingerprint density at radius 3 is 2.29 bits per heavy atom. The van der Waals surface area contributed by atoms with Crippen molar-refractivity contribution in [1.29, 1.82) is 0 Å². The fourth-order valence-electron chi connectivity index (χ4n) is 4.19. The summed E-state index contributed by atoms with van der Waals surface area (Å²) in [5.74, 6) is 0.584. The quantitative estimate of drug-likeness (QED) is 0.452. The molecule has 6 nitrogen and oxygen atoms in total. The van der Waals surface area contributed by atoms with Gasteiger partial charge in [-0.25, -0.2) is 22.5 Å². The van der Waals surface area contributed by atoms with E-state index >= 15 is 0 Å². The zero-order chi connectivity index (χ0) is 23.5. The lowest BCUT2D eigenvalue weighted by atomic mass is 10.1. The van der Waals surface area contributed by atoms with Gasteiger partial charge in [-0.1, -0.05) is 30.3 Å². The molecule has 0 atom stereocenters. The fourth-order valence-corrected chi connectivity index (χ4v) is 5.24. The third kappa shape index (κ3) is 4.88. The minimum atomic E-state index is -3.65. The summed E-state index contributed by atoms with van der Waals surface area (Å²) >= 11 is 0. The molecule has 3 aromatic carbocycles. The fraction of sp³-hybridized carbons (Fsp3) is 0.192. The van der Waals surface area contributed by atoms with Crippen LogP contribution in [0, 0.1) is 5.82 Å². The zero-order valence-corrected chi connectivity index (χ0v) is 19.4. The second-order valence-electron chi connectivity index (χ2n) is 8.31. The molecule has 5 rings (SSSR count). The van der Waals surface area contributed by atoms with Gasteiger partial charge in [-0.3, -0.25) is 0 Å². The average molecular weight is 477 g/mol. The topological polar surface area (TPSA) is 65.5 Å². The number of rotatable bonds is 6. The Morgan fingerprint density at radius 2 is 1.53 bits per heavy atom. The highest BCUT2D eigenvalue weighted by molar-refractivity contribution is 7.89. The SMILES string of the molecule is O=S(=O)(NCc1ccnc(N2CCN(c3ccc(F)cc3)CC2)c1)c1ccc2ccccc2c1. The van der Waals surface area contributed by atoms with Crippen LogP contribution in [0.4, 0.5) is 15.9 Å². The third-order valence-electron chi connectivity index (χ3n) is 6.10. The van der Waals surface area contributed by atoms with E-state index in [1.807, 2.05) is 42.5 Å². The van der Waals surface area contributed by atoms with Crippen LogP contribution in [0.15, 0.2) is 90.0 Å². The molecule has 34 heavy (non-hydrogen) atoms. The molecule has 1 aliphatic heterocycles. The van der Waals surface area contributed by atoms with Gasteiger partial charge in [0.1, 0.15) is 11.6 Å². The highest BCUT2D eigenvalue weighted by atomic mass is 32.2. The number of sulfonamides is 1. The van der Waals surface area contributed by atoms with Gasteiger partial charge in [0.25, 0.3) is 0 Å². The molecule has 1 aliphatic rings. The van der Waals surface area contributed by atoms with E-state index in [0.717, 1.165) is 54.0 Å². The minimum absolute atomic E-state index is 0.181. The van der Waals surface area contributed by atoms with E-state index in [4.69, 9.17) is 0 Å². The van der Waals surface area contributed by atoms with Crippen molar-refractivity contribution < 1.29 is 12.8 Å². The lowest BCUT2D eigenvalue weighted by Gasteiger charge is -2.36. The van der Waals surface area contributed by atoms with Crippen LogP contribution in [0.25, 0.3) is 10.8 Å². The van der Waals surface area contributed by atoms with Gasteiger partial charge in [-0.05, 0) is 64.9 Å². The smallest absolute Gasteiger partial charge is 0.240 e. The number of nitrogens with zero attached hydrogens (tertiary/aromatic N) is 3. The summed E-state index contributed by atoms with van der Waals surface area (Å²) < 4.78 is 41.6. The first-order chi connectivity index (χ1) is 16.5. The lowest BCUT2D eigenvalue weighted by molar-refractivity contribution is 0.581. The molecule has 0 amide bonds. The van der Waals surface area contributed by atoms with E-state index in [1.54, 1.807) is 30.5 Å². The summed E-state index contributed by atoms with van der Waals surface area (Å²) in [5.41, 5.74) is 1.85. The minimum Gasteiger partial charge on any atom is -0.368 e. The van der Waals surface area contributed by atoms with E-state index in [9.17, 15) is 12.8 Å². The van der Waals surface area contributed by atoms with Gasteiger partial charge in [0.15, 0.2) is 0 Å². The van der Waals surface area contributed by atoms with Gasteiger partial charge < -0.3 is 9.80 Å². The van der Waals surface area contributed by atoms with Crippen LogP contribution in [0.5, 0.6) is 0 Å². The van der Waals surface area contributed by atoms with Crippen molar-refractivity contribution in [2.24, 2.45) is 0 Å². The number of hydrogen-bond donors (Lipinski definition) is 1. The molecule has 0 aliphatic carbocycles. The molecule has 1 fully saturated rings. The van der Waals surface area contributed by atoms with Crippen LogP contribution in [0.1, 0.15) is 5.56 Å². The van der Waals surface area contributed by atoms with Gasteiger partial charge in [-0.15, -0.1) is 0 Å². The van der Waals surface area contributed by atoms with Crippen LogP contribution in [0.2, 0.25) is 0 Å². The van der Waals surface area contributed by atoms with Crippen molar-refractivity contribution in [2.45, 2.75) is 11.4 Å². The molecule has 0 saturated carbocycles. The Bertz CT molecular complexity index is 1400. The van der Waals surface area contributed by atoms with Crippen molar-refractivity contribution in [3.63, 3.8) is 0 Å². The average Bonchev–Trinajstić information content (AvgIpc) is 2.88. The summed E-state index contributed by atoms with van der Waals surface area (Å²) in [6, 6.07) is 23.1. The molecule has 1 saturated heterocycles. The summed E-state index contributed by atoms with van der Waals surface area (Å²) in [7, 11) is -3.65. The molecule has 0 unspecified atom stereocenters. The normalized spacial score (nSPS) is 14.5. The van der Waals surface area contributed by atoms with Crippen molar-refractivity contribution in [1.82, 2.24) is 9.71 Å². The van der Waals surface area contributed by atoms with Crippen molar-refractivity contribution in [3.8, 4) is 0 Å². The molecule has 174 valence electrons. The Kier molecular flexibility index (Phi) is 6.17. The number of halogens is 1. The van der Waals surface area contributed by atoms with E-state index in [-0.39, 0.29) is 17.3 Å². The van der Waals surface area contributed by atoms with Crippen LogP contribution < -0.4 is 14.5 Å². The molecule has 1 aromatic heterocycles. The van der Waals surface area contributed by atoms with E-state index in [2.05, 4.69) is 19.5 Å². The predicted molar refractivity (Wildman–Crippen MR) is 133 cm³/mol. The van der Waals surface area contributed by atoms with Gasteiger partial charge in [-0.2, -0.15) is 0 Å². The summed E-state index contributed by atoms with van der Waals surface area (Å²) in [6.07, 6.45) is 1.71. The molecule has 2 heterocycles. The van der Waals surface area contributed by atoms with Crippen molar-refractivity contribution >= 4 is 32.3 Å². The first-order valence-corrected chi connectivity index (χ1v) is 12.7. The first kappa shape index (κ1) is 22.3. The van der Waals surface area contributed by atoms with Crippen molar-refractivity contribution in [3.05, 3.63) is 96.4 Å². The standard InChI is InChI=1S/C26H25FN4O2S/c27-23-6-8-24(9-7-23)30-13-15-31(16-14-30)26-17-20(11-12-28-26)19-29-34(32,33)25-10-5-21-3-1-2-4-22(21)18-25/h1-12,17-18,29H,13-16,19H2. The molecular formula is C26H25FN4O2S. The third-order valence-corrected chi connectivity index (χ3v) is 7.50. The predicted octanol–water partition coefficient (Wildman–Crippen LogP) is 4.18. The van der Waals surface area contributed by atoms with Crippen molar-refractivity contribution in [2.75, 3.05) is 36.0 Å². The molecule has 1 N–H and O–H groups in total. The molecule has 0 radical (unpaired) electrons. The van der Waals surface area contributed by atoms with Crippen LogP contribution in [-0.4, -0.2) is 39.6 Å². The Hall–Kier alpha value is -3.49. The number of benzene rings is 3. The number of fused-ring (bicyclic) bond motifs is 1. The number of pyridine rings is 1. The largest absolute Gasteiger partial charge is 0.368 e. The van der Waals surface area contributed by atoms with Gasteiger partial charge >= 0.3 is 0 Å². The van der Waals surface area contributed by atoms with Gasteiger partial charge in [0.05, 0.1) is 4.90 Å². The number of hydrogen-bond acceptors (Lipinski definition) is 5. The second kappa shape index (κ2) is 9.40. The highest BCUT2D eigenvalue weighted by Crippen LogP contribution is 2.22. The second-order valence-corrected chi connectivity index (χ2v) is 10.1. The summed E-state index contributed by atoms with van der Waals surface area (Å²) in [4.78, 5) is 9.14. The Balaban J connectivity index is 1.23. The number of piperazine rings is 1. The van der Waals surface area contributed by atoms with E-state index in [1.165, 1.54) is 12.1 Å². The Labute approximate surface area is 198 Å². The maximum atomic E-state index is 13.2. The van der Waals surface area contributed by atoms with E-state index < -0.39 is 10.0 Å². The molecule has 8 heteroatoms. The maximum Gasteiger partial charge on any atom is 0.240 e.